The first-order chi connectivity index (χ1) is 9.00. The predicted molar refractivity (Wildman–Crippen MR) is 81.3 cm³/mol. The smallest absolute Gasteiger partial charge is 0.223 e. The number of nitrogens with one attached hydrogen (secondary N) is 1. The van der Waals surface area contributed by atoms with Gasteiger partial charge in [0, 0.05) is 17.3 Å². The first-order valence-electron chi connectivity index (χ1n) is 7.31. The molecule has 0 unspecified atom stereocenters. The van der Waals surface area contributed by atoms with E-state index in [4.69, 9.17) is 0 Å². The Morgan fingerprint density at radius 2 is 2.32 bits per heavy atom. The van der Waals surface area contributed by atoms with Crippen molar-refractivity contribution in [2.45, 2.75) is 46.5 Å². The summed E-state index contributed by atoms with van der Waals surface area (Å²) in [5.41, 5.74) is 0.144. The molecular formula is C16H25NOS. The summed E-state index contributed by atoms with van der Waals surface area (Å²) in [4.78, 5) is 13.8. The van der Waals surface area contributed by atoms with Crippen molar-refractivity contribution in [2.75, 3.05) is 6.54 Å². The molecule has 1 aromatic heterocycles. The second kappa shape index (κ2) is 6.08. The molecule has 1 fully saturated rings. The lowest BCUT2D eigenvalue weighted by Gasteiger charge is -2.41. The SMILES string of the molecule is C[C@@H]1CCCC(C)(C)[C@H]1C(=O)NCCc1cccs1. The van der Waals surface area contributed by atoms with Crippen LogP contribution in [0.2, 0.25) is 0 Å². The van der Waals surface area contributed by atoms with Gasteiger partial charge < -0.3 is 5.32 Å². The van der Waals surface area contributed by atoms with Crippen LogP contribution in [0.1, 0.15) is 44.9 Å². The van der Waals surface area contributed by atoms with Crippen molar-refractivity contribution in [3.05, 3.63) is 22.4 Å². The maximum Gasteiger partial charge on any atom is 0.223 e. The standard InChI is InChI=1S/C16H25NOS/c1-12-6-4-9-16(2,3)14(12)15(18)17-10-8-13-7-5-11-19-13/h5,7,11-12,14H,4,6,8-10H2,1-3H3,(H,17,18)/t12-,14-/m1/s1. The molecular weight excluding hydrogens is 254 g/mol. The number of carbonyl (C=O) groups excluding carboxylic acids is 1. The molecule has 0 aliphatic heterocycles. The van der Waals surface area contributed by atoms with Crippen molar-refractivity contribution in [2.24, 2.45) is 17.3 Å². The van der Waals surface area contributed by atoms with Crippen LogP contribution in [-0.2, 0) is 11.2 Å². The van der Waals surface area contributed by atoms with Crippen LogP contribution in [0.25, 0.3) is 0 Å². The Bertz CT molecular complexity index is 410. The van der Waals surface area contributed by atoms with Gasteiger partial charge in [0.15, 0.2) is 0 Å². The number of hydrogen-bond donors (Lipinski definition) is 1. The van der Waals surface area contributed by atoms with E-state index in [1.807, 2.05) is 0 Å². The number of rotatable bonds is 4. The summed E-state index contributed by atoms with van der Waals surface area (Å²) in [6.07, 6.45) is 4.56. The fourth-order valence-corrected chi connectivity index (χ4v) is 4.17. The third-order valence-electron chi connectivity index (χ3n) is 4.42. The Balaban J connectivity index is 1.87. The van der Waals surface area contributed by atoms with Crippen molar-refractivity contribution in [3.8, 4) is 0 Å². The molecule has 2 nitrogen and oxygen atoms in total. The van der Waals surface area contributed by atoms with Gasteiger partial charge in [-0.1, -0.05) is 33.3 Å². The first kappa shape index (κ1) is 14.6. The van der Waals surface area contributed by atoms with Gasteiger partial charge in [-0.25, -0.2) is 0 Å². The molecule has 0 radical (unpaired) electrons. The van der Waals surface area contributed by atoms with Gasteiger partial charge in [0.25, 0.3) is 0 Å². The molecule has 0 bridgehead atoms. The number of thiophene rings is 1. The monoisotopic (exact) mass is 279 g/mol. The van der Waals surface area contributed by atoms with E-state index < -0.39 is 0 Å². The second-order valence-electron chi connectivity index (χ2n) is 6.46. The molecule has 1 N–H and O–H groups in total. The zero-order valence-corrected chi connectivity index (χ0v) is 13.1. The molecule has 1 amide bonds. The van der Waals surface area contributed by atoms with Crippen LogP contribution < -0.4 is 5.32 Å². The fraction of sp³-hybridized carbons (Fsp3) is 0.688. The molecule has 1 saturated carbocycles. The summed E-state index contributed by atoms with van der Waals surface area (Å²) in [6, 6.07) is 4.19. The minimum absolute atomic E-state index is 0.144. The quantitative estimate of drug-likeness (QED) is 0.890. The second-order valence-corrected chi connectivity index (χ2v) is 7.49. The summed E-state index contributed by atoms with van der Waals surface area (Å²) in [6.45, 7) is 7.47. The van der Waals surface area contributed by atoms with Gasteiger partial charge in [-0.05, 0) is 42.0 Å². The van der Waals surface area contributed by atoms with Gasteiger partial charge in [-0.3, -0.25) is 4.79 Å². The molecule has 19 heavy (non-hydrogen) atoms. The lowest BCUT2D eigenvalue weighted by molar-refractivity contribution is -0.132. The molecule has 106 valence electrons. The van der Waals surface area contributed by atoms with Crippen LogP contribution in [0.4, 0.5) is 0 Å². The zero-order chi connectivity index (χ0) is 13.9. The van der Waals surface area contributed by atoms with Crippen LogP contribution in [0.15, 0.2) is 17.5 Å². The highest BCUT2D eigenvalue weighted by Crippen LogP contribution is 2.43. The van der Waals surface area contributed by atoms with Gasteiger partial charge in [-0.15, -0.1) is 11.3 Å². The topological polar surface area (TPSA) is 29.1 Å². The maximum absolute atomic E-state index is 12.4. The van der Waals surface area contributed by atoms with E-state index in [9.17, 15) is 4.79 Å². The summed E-state index contributed by atoms with van der Waals surface area (Å²) >= 11 is 1.76. The molecule has 2 atom stereocenters. The van der Waals surface area contributed by atoms with Crippen molar-refractivity contribution in [3.63, 3.8) is 0 Å². The number of amides is 1. The molecule has 2 rings (SSSR count). The Morgan fingerprint density at radius 3 is 2.95 bits per heavy atom. The molecule has 1 aromatic rings. The van der Waals surface area contributed by atoms with Crippen molar-refractivity contribution in [1.82, 2.24) is 5.32 Å². The minimum Gasteiger partial charge on any atom is -0.355 e. The Labute approximate surface area is 120 Å². The minimum atomic E-state index is 0.144. The molecule has 3 heteroatoms. The molecule has 0 saturated heterocycles. The maximum atomic E-state index is 12.4. The lowest BCUT2D eigenvalue weighted by Crippen LogP contribution is -2.45. The average Bonchev–Trinajstić information content (AvgIpc) is 2.80. The Kier molecular flexibility index (Phi) is 4.67. The summed E-state index contributed by atoms with van der Waals surface area (Å²) in [7, 11) is 0. The molecule has 0 aromatic carbocycles. The highest BCUT2D eigenvalue weighted by molar-refractivity contribution is 7.09. The molecule has 1 aliphatic rings. The van der Waals surface area contributed by atoms with Crippen LogP contribution >= 0.6 is 11.3 Å². The zero-order valence-electron chi connectivity index (χ0n) is 12.2. The largest absolute Gasteiger partial charge is 0.355 e. The molecule has 0 spiro atoms. The summed E-state index contributed by atoms with van der Waals surface area (Å²) in [5, 5.41) is 5.23. The highest BCUT2D eigenvalue weighted by Gasteiger charge is 2.41. The van der Waals surface area contributed by atoms with Crippen molar-refractivity contribution >= 4 is 17.2 Å². The first-order valence-corrected chi connectivity index (χ1v) is 8.19. The van der Waals surface area contributed by atoms with Gasteiger partial charge in [0.05, 0.1) is 0 Å². The van der Waals surface area contributed by atoms with E-state index in [0.717, 1.165) is 13.0 Å². The molecule has 1 aliphatic carbocycles. The lowest BCUT2D eigenvalue weighted by atomic mass is 9.64. The van der Waals surface area contributed by atoms with E-state index in [2.05, 4.69) is 43.6 Å². The van der Waals surface area contributed by atoms with E-state index in [1.165, 1.54) is 24.1 Å². The van der Waals surface area contributed by atoms with Crippen LogP contribution in [0.3, 0.4) is 0 Å². The Morgan fingerprint density at radius 1 is 1.53 bits per heavy atom. The van der Waals surface area contributed by atoms with E-state index >= 15 is 0 Å². The van der Waals surface area contributed by atoms with E-state index in [1.54, 1.807) is 11.3 Å². The van der Waals surface area contributed by atoms with Crippen molar-refractivity contribution in [1.29, 1.82) is 0 Å². The third-order valence-corrected chi connectivity index (χ3v) is 5.36. The van der Waals surface area contributed by atoms with Crippen LogP contribution in [0, 0.1) is 17.3 Å². The van der Waals surface area contributed by atoms with Gasteiger partial charge >= 0.3 is 0 Å². The van der Waals surface area contributed by atoms with Gasteiger partial charge in [0.1, 0.15) is 0 Å². The Hall–Kier alpha value is -0.830. The summed E-state index contributed by atoms with van der Waals surface area (Å²) in [5.74, 6) is 0.934. The van der Waals surface area contributed by atoms with Gasteiger partial charge in [-0.2, -0.15) is 0 Å². The van der Waals surface area contributed by atoms with Crippen molar-refractivity contribution < 1.29 is 4.79 Å². The van der Waals surface area contributed by atoms with Gasteiger partial charge in [0.2, 0.25) is 5.91 Å². The van der Waals surface area contributed by atoms with E-state index in [0.29, 0.717) is 5.92 Å². The predicted octanol–water partition coefficient (Wildman–Crippen LogP) is 3.87. The fourth-order valence-electron chi connectivity index (χ4n) is 3.46. The number of carbonyl (C=O) groups is 1. The highest BCUT2D eigenvalue weighted by atomic mass is 32.1. The normalized spacial score (nSPS) is 26.1. The average molecular weight is 279 g/mol. The third kappa shape index (κ3) is 3.59. The van der Waals surface area contributed by atoms with Crippen LogP contribution in [-0.4, -0.2) is 12.5 Å². The summed E-state index contributed by atoms with van der Waals surface area (Å²) < 4.78 is 0. The van der Waals surface area contributed by atoms with Crippen LogP contribution in [0.5, 0.6) is 0 Å². The molecule has 1 heterocycles. The number of hydrogen-bond acceptors (Lipinski definition) is 2. The van der Waals surface area contributed by atoms with E-state index in [-0.39, 0.29) is 17.2 Å².